The van der Waals surface area contributed by atoms with Crippen LogP contribution in [0.4, 0.5) is 5.69 Å². The van der Waals surface area contributed by atoms with Gasteiger partial charge in [-0.15, -0.1) is 0 Å². The summed E-state index contributed by atoms with van der Waals surface area (Å²) in [6.45, 7) is 2.47. The van der Waals surface area contributed by atoms with Crippen LogP contribution in [-0.4, -0.2) is 28.9 Å². The van der Waals surface area contributed by atoms with E-state index in [2.05, 4.69) is 10.4 Å². The summed E-state index contributed by atoms with van der Waals surface area (Å²) in [5.74, 6) is 0.742. The van der Waals surface area contributed by atoms with E-state index >= 15 is 0 Å². The maximum Gasteiger partial charge on any atom is 0.287 e. The third-order valence-corrected chi connectivity index (χ3v) is 4.21. The molecule has 2 aromatic rings. The van der Waals surface area contributed by atoms with Crippen molar-refractivity contribution in [3.05, 3.63) is 44.8 Å². The molecule has 0 radical (unpaired) electrons. The second-order valence-corrected chi connectivity index (χ2v) is 5.87. The number of hydrogen-bond acceptors (Lipinski definition) is 5. The van der Waals surface area contributed by atoms with E-state index in [4.69, 9.17) is 32.7 Å². The monoisotopic (exact) mass is 369 g/mol. The van der Waals surface area contributed by atoms with Gasteiger partial charge in [-0.05, 0) is 19.1 Å². The van der Waals surface area contributed by atoms with Crippen LogP contribution in [0.5, 0.6) is 11.5 Å². The molecular weight excluding hydrogens is 357 g/mol. The van der Waals surface area contributed by atoms with Gasteiger partial charge in [0.2, 0.25) is 5.91 Å². The molecule has 0 spiro atoms. The van der Waals surface area contributed by atoms with Gasteiger partial charge in [-0.1, -0.05) is 23.2 Å². The van der Waals surface area contributed by atoms with Crippen LogP contribution in [0.25, 0.3) is 0 Å². The summed E-state index contributed by atoms with van der Waals surface area (Å²) in [5.41, 5.74) is -0.113. The first kappa shape index (κ1) is 16.6. The van der Waals surface area contributed by atoms with Crippen LogP contribution >= 0.6 is 23.2 Å². The zero-order valence-electron chi connectivity index (χ0n) is 12.6. The molecule has 1 N–H and O–H groups in total. The van der Waals surface area contributed by atoms with E-state index in [9.17, 15) is 9.59 Å². The van der Waals surface area contributed by atoms with E-state index in [1.165, 1.54) is 13.1 Å². The molecule has 1 unspecified atom stereocenters. The standard InChI is InChI=1S/C15H13Cl2N3O4/c1-8(20-15(22)13(17)10(16)7-18-20)14(21)19-9-2-3-11-12(6-9)24-5-4-23-11/h2-3,6-8H,4-5H2,1H3,(H,19,21). The highest BCUT2D eigenvalue weighted by Gasteiger charge is 2.20. The Morgan fingerprint density at radius 1 is 1.29 bits per heavy atom. The number of amides is 1. The topological polar surface area (TPSA) is 82.4 Å². The lowest BCUT2D eigenvalue weighted by Crippen LogP contribution is -2.33. The Kier molecular flexibility index (Phi) is 4.64. The number of halogens is 2. The van der Waals surface area contributed by atoms with Crippen molar-refractivity contribution in [2.24, 2.45) is 0 Å². The second kappa shape index (κ2) is 6.70. The molecule has 9 heteroatoms. The lowest BCUT2D eigenvalue weighted by atomic mass is 10.2. The molecule has 3 rings (SSSR count). The molecule has 7 nitrogen and oxygen atoms in total. The molecule has 2 heterocycles. The fourth-order valence-corrected chi connectivity index (χ4v) is 2.44. The Hall–Kier alpha value is -2.25. The van der Waals surface area contributed by atoms with Crippen molar-refractivity contribution < 1.29 is 14.3 Å². The minimum Gasteiger partial charge on any atom is -0.486 e. The van der Waals surface area contributed by atoms with Gasteiger partial charge in [0.15, 0.2) is 11.5 Å². The molecule has 0 fully saturated rings. The average molecular weight is 370 g/mol. The SMILES string of the molecule is CC(C(=O)Nc1ccc2c(c1)OCCO2)n1ncc(Cl)c(Cl)c1=O. The fraction of sp³-hybridized carbons (Fsp3) is 0.267. The Balaban J connectivity index is 1.80. The van der Waals surface area contributed by atoms with Crippen molar-refractivity contribution in [2.45, 2.75) is 13.0 Å². The zero-order valence-corrected chi connectivity index (χ0v) is 14.1. The molecule has 0 aliphatic carbocycles. The minimum absolute atomic E-state index is 0.0392. The van der Waals surface area contributed by atoms with Crippen LogP contribution in [0, 0.1) is 0 Å². The molecule has 0 saturated carbocycles. The smallest absolute Gasteiger partial charge is 0.287 e. The van der Waals surface area contributed by atoms with Crippen LogP contribution in [-0.2, 0) is 4.79 Å². The van der Waals surface area contributed by atoms with Crippen molar-refractivity contribution in [3.63, 3.8) is 0 Å². The summed E-state index contributed by atoms with van der Waals surface area (Å²) in [5, 5.41) is 6.42. The maximum absolute atomic E-state index is 12.4. The highest BCUT2D eigenvalue weighted by atomic mass is 35.5. The maximum atomic E-state index is 12.4. The number of rotatable bonds is 3. The van der Waals surface area contributed by atoms with Gasteiger partial charge in [0.1, 0.15) is 24.3 Å². The molecule has 24 heavy (non-hydrogen) atoms. The predicted octanol–water partition coefficient (Wildman–Crippen LogP) is 2.52. The number of carbonyl (C=O) groups is 1. The highest BCUT2D eigenvalue weighted by Crippen LogP contribution is 2.32. The molecule has 1 aromatic heterocycles. The molecule has 1 aliphatic heterocycles. The fourth-order valence-electron chi connectivity index (χ4n) is 2.18. The molecule has 126 valence electrons. The van der Waals surface area contributed by atoms with Gasteiger partial charge in [-0.25, -0.2) is 4.68 Å². The summed E-state index contributed by atoms with van der Waals surface area (Å²) < 4.78 is 11.9. The van der Waals surface area contributed by atoms with Gasteiger partial charge in [0.25, 0.3) is 5.56 Å². The summed E-state index contributed by atoms with van der Waals surface area (Å²) in [7, 11) is 0. The lowest BCUT2D eigenvalue weighted by molar-refractivity contribution is -0.119. The molecule has 1 aromatic carbocycles. The van der Waals surface area contributed by atoms with Crippen molar-refractivity contribution in [1.82, 2.24) is 9.78 Å². The Morgan fingerprint density at radius 3 is 2.75 bits per heavy atom. The molecule has 0 bridgehead atoms. The highest BCUT2D eigenvalue weighted by molar-refractivity contribution is 6.41. The number of nitrogens with zero attached hydrogens (tertiary/aromatic N) is 2. The quantitative estimate of drug-likeness (QED) is 0.898. The largest absolute Gasteiger partial charge is 0.486 e. The number of anilines is 1. The van der Waals surface area contributed by atoms with Crippen LogP contribution in [0.1, 0.15) is 13.0 Å². The molecule has 0 saturated heterocycles. The van der Waals surface area contributed by atoms with Crippen LogP contribution in [0.15, 0.2) is 29.2 Å². The number of fused-ring (bicyclic) bond motifs is 1. The number of benzene rings is 1. The van der Waals surface area contributed by atoms with E-state index in [1.54, 1.807) is 18.2 Å². The summed E-state index contributed by atoms with van der Waals surface area (Å²) in [4.78, 5) is 24.4. The Bertz CT molecular complexity index is 853. The Morgan fingerprint density at radius 2 is 2.00 bits per heavy atom. The number of ether oxygens (including phenoxy) is 2. The normalized spacial score (nSPS) is 14.1. The van der Waals surface area contributed by atoms with Crippen LogP contribution in [0.2, 0.25) is 10.0 Å². The van der Waals surface area contributed by atoms with Crippen molar-refractivity contribution >= 4 is 34.8 Å². The summed E-state index contributed by atoms with van der Waals surface area (Å²) in [6, 6.07) is 4.17. The Labute approximate surface area is 147 Å². The van der Waals surface area contributed by atoms with Gasteiger partial charge in [0.05, 0.1) is 11.2 Å². The number of nitrogens with one attached hydrogen (secondary N) is 1. The van der Waals surface area contributed by atoms with Crippen molar-refractivity contribution in [2.75, 3.05) is 18.5 Å². The lowest BCUT2D eigenvalue weighted by Gasteiger charge is -2.19. The molecule has 1 atom stereocenters. The molecular formula is C15H13Cl2N3O4. The van der Waals surface area contributed by atoms with E-state index in [-0.39, 0.29) is 10.0 Å². The van der Waals surface area contributed by atoms with Gasteiger partial charge in [-0.3, -0.25) is 9.59 Å². The summed E-state index contributed by atoms with van der Waals surface area (Å²) in [6.07, 6.45) is 1.22. The van der Waals surface area contributed by atoms with E-state index in [1.807, 2.05) is 0 Å². The molecule has 1 amide bonds. The number of aromatic nitrogens is 2. The van der Waals surface area contributed by atoms with Crippen LogP contribution in [0.3, 0.4) is 0 Å². The minimum atomic E-state index is -0.875. The third-order valence-electron chi connectivity index (χ3n) is 3.46. The molecule has 1 aliphatic rings. The van der Waals surface area contributed by atoms with Gasteiger partial charge < -0.3 is 14.8 Å². The van der Waals surface area contributed by atoms with Gasteiger partial charge in [0, 0.05) is 11.8 Å². The van der Waals surface area contributed by atoms with Crippen LogP contribution < -0.4 is 20.3 Å². The first-order chi connectivity index (χ1) is 11.5. The first-order valence-electron chi connectivity index (χ1n) is 7.10. The van der Waals surface area contributed by atoms with Gasteiger partial charge >= 0.3 is 0 Å². The number of carbonyl (C=O) groups excluding carboxylic acids is 1. The van der Waals surface area contributed by atoms with E-state index in [0.29, 0.717) is 30.4 Å². The predicted molar refractivity (Wildman–Crippen MR) is 89.3 cm³/mol. The van der Waals surface area contributed by atoms with Crippen molar-refractivity contribution in [3.8, 4) is 11.5 Å². The second-order valence-electron chi connectivity index (χ2n) is 5.08. The number of hydrogen-bond donors (Lipinski definition) is 1. The summed E-state index contributed by atoms with van der Waals surface area (Å²) >= 11 is 11.5. The van der Waals surface area contributed by atoms with E-state index in [0.717, 1.165) is 4.68 Å². The zero-order chi connectivity index (χ0) is 17.3. The third kappa shape index (κ3) is 3.18. The first-order valence-corrected chi connectivity index (χ1v) is 7.86. The van der Waals surface area contributed by atoms with E-state index < -0.39 is 17.5 Å². The average Bonchev–Trinajstić information content (AvgIpc) is 2.59. The van der Waals surface area contributed by atoms with Gasteiger partial charge in [-0.2, -0.15) is 5.10 Å². The van der Waals surface area contributed by atoms with Crippen molar-refractivity contribution in [1.29, 1.82) is 0 Å².